The van der Waals surface area contributed by atoms with Crippen molar-refractivity contribution < 1.29 is 10.0 Å². The molecule has 2 aromatic heterocycles. The van der Waals surface area contributed by atoms with E-state index in [1.165, 1.54) is 6.21 Å². The molecule has 23 heavy (non-hydrogen) atoms. The molecule has 0 fully saturated rings. The third-order valence-electron chi connectivity index (χ3n) is 3.40. The molecule has 0 saturated heterocycles. The molecule has 7 nitrogen and oxygen atoms in total. The number of pyridine rings is 1. The molecule has 0 aliphatic heterocycles. The van der Waals surface area contributed by atoms with E-state index in [1.54, 1.807) is 41.2 Å². The number of nitrogens with zero attached hydrogens (tertiary/aromatic N) is 5. The molecule has 0 aliphatic rings. The van der Waals surface area contributed by atoms with E-state index in [0.717, 1.165) is 5.69 Å². The van der Waals surface area contributed by atoms with Gasteiger partial charge in [0.05, 0.1) is 18.1 Å². The van der Waals surface area contributed by atoms with Crippen molar-refractivity contribution in [3.8, 4) is 5.69 Å². The minimum absolute atomic E-state index is 0.111. The van der Waals surface area contributed by atoms with Crippen molar-refractivity contribution in [1.29, 1.82) is 0 Å². The Labute approximate surface area is 139 Å². The normalized spacial score (nSPS) is 12.5. The Morgan fingerprint density at radius 1 is 1.61 bits per heavy atom. The molecule has 0 aromatic carbocycles. The zero-order chi connectivity index (χ0) is 16.8. The van der Waals surface area contributed by atoms with Gasteiger partial charge in [-0.05, 0) is 25.5 Å². The predicted octanol–water partition coefficient (Wildman–Crippen LogP) is 2.76. The van der Waals surface area contributed by atoms with Gasteiger partial charge in [0.15, 0.2) is 5.15 Å². The standard InChI is InChI=1S/C15H18ClN5O2/c1-3-20(15(22)11(2)6-8-18-23)13-10-21(19-14(13)16)12-5-4-7-17-9-12/h4-5,7-11,23H,3,6H2,1-2H3/b18-8+. The second kappa shape index (κ2) is 7.73. The van der Waals surface area contributed by atoms with Gasteiger partial charge in [0.1, 0.15) is 5.69 Å². The SMILES string of the molecule is CCN(C(=O)C(C)C/C=N/O)c1cn(-c2cccnc2)nc1Cl. The first kappa shape index (κ1) is 17.0. The lowest BCUT2D eigenvalue weighted by Crippen LogP contribution is -2.35. The highest BCUT2D eigenvalue weighted by Crippen LogP contribution is 2.27. The van der Waals surface area contributed by atoms with Gasteiger partial charge in [0.25, 0.3) is 0 Å². The number of amides is 1. The van der Waals surface area contributed by atoms with Crippen LogP contribution in [0.5, 0.6) is 0 Å². The van der Waals surface area contributed by atoms with Crippen LogP contribution in [0.25, 0.3) is 5.69 Å². The molecule has 2 aromatic rings. The first-order valence-corrected chi connectivity index (χ1v) is 7.59. The Morgan fingerprint density at radius 3 is 3.00 bits per heavy atom. The number of carbonyl (C=O) groups excluding carboxylic acids is 1. The molecule has 0 saturated carbocycles. The molecule has 1 unspecified atom stereocenters. The highest BCUT2D eigenvalue weighted by molar-refractivity contribution is 6.32. The van der Waals surface area contributed by atoms with E-state index in [1.807, 2.05) is 13.0 Å². The number of aromatic nitrogens is 3. The highest BCUT2D eigenvalue weighted by atomic mass is 35.5. The summed E-state index contributed by atoms with van der Waals surface area (Å²) in [5.41, 5.74) is 1.29. The van der Waals surface area contributed by atoms with Crippen LogP contribution in [0.4, 0.5) is 5.69 Å². The number of carbonyl (C=O) groups is 1. The van der Waals surface area contributed by atoms with Crippen molar-refractivity contribution in [2.24, 2.45) is 11.1 Å². The van der Waals surface area contributed by atoms with Crippen LogP contribution >= 0.6 is 11.6 Å². The number of oxime groups is 1. The number of halogens is 1. The van der Waals surface area contributed by atoms with Crippen molar-refractivity contribution in [3.63, 3.8) is 0 Å². The van der Waals surface area contributed by atoms with Crippen LogP contribution in [-0.4, -0.2) is 38.6 Å². The highest BCUT2D eigenvalue weighted by Gasteiger charge is 2.24. The summed E-state index contributed by atoms with van der Waals surface area (Å²) >= 11 is 6.21. The maximum atomic E-state index is 12.6. The molecule has 1 amide bonds. The van der Waals surface area contributed by atoms with Gasteiger partial charge in [-0.2, -0.15) is 5.10 Å². The molecule has 0 spiro atoms. The number of rotatable bonds is 6. The maximum absolute atomic E-state index is 12.6. The Balaban J connectivity index is 2.28. The van der Waals surface area contributed by atoms with Crippen LogP contribution in [-0.2, 0) is 4.79 Å². The van der Waals surface area contributed by atoms with Crippen molar-refractivity contribution in [2.45, 2.75) is 20.3 Å². The van der Waals surface area contributed by atoms with Gasteiger partial charge >= 0.3 is 0 Å². The summed E-state index contributed by atoms with van der Waals surface area (Å²) in [5, 5.41) is 15.9. The number of anilines is 1. The molecule has 2 rings (SSSR count). The second-order valence-corrected chi connectivity index (χ2v) is 5.34. The summed E-state index contributed by atoms with van der Waals surface area (Å²) in [5.74, 6) is -0.441. The Bertz CT molecular complexity index is 686. The van der Waals surface area contributed by atoms with Gasteiger partial charge < -0.3 is 10.1 Å². The van der Waals surface area contributed by atoms with Crippen LogP contribution < -0.4 is 4.90 Å². The lowest BCUT2D eigenvalue weighted by molar-refractivity contribution is -0.121. The zero-order valence-electron chi connectivity index (χ0n) is 12.9. The number of hydrogen-bond donors (Lipinski definition) is 1. The zero-order valence-corrected chi connectivity index (χ0v) is 13.7. The molecule has 1 N–H and O–H groups in total. The average molecular weight is 336 g/mol. The van der Waals surface area contributed by atoms with Crippen LogP contribution in [0.1, 0.15) is 20.3 Å². The Hall–Kier alpha value is -2.41. The van der Waals surface area contributed by atoms with Gasteiger partial charge in [0, 0.05) is 24.9 Å². The van der Waals surface area contributed by atoms with Crippen LogP contribution in [0, 0.1) is 5.92 Å². The Kier molecular flexibility index (Phi) is 5.70. The van der Waals surface area contributed by atoms with Crippen molar-refractivity contribution in [2.75, 3.05) is 11.4 Å². The smallest absolute Gasteiger partial charge is 0.230 e. The molecule has 0 radical (unpaired) electrons. The summed E-state index contributed by atoms with van der Waals surface area (Å²) in [6, 6.07) is 3.64. The summed E-state index contributed by atoms with van der Waals surface area (Å²) in [6.45, 7) is 4.09. The van der Waals surface area contributed by atoms with Crippen LogP contribution in [0.2, 0.25) is 5.15 Å². The molecule has 122 valence electrons. The van der Waals surface area contributed by atoms with E-state index in [-0.39, 0.29) is 17.0 Å². The lowest BCUT2D eigenvalue weighted by atomic mass is 10.1. The largest absolute Gasteiger partial charge is 0.411 e. The minimum Gasteiger partial charge on any atom is -0.411 e. The molecule has 8 heteroatoms. The van der Waals surface area contributed by atoms with E-state index in [2.05, 4.69) is 15.2 Å². The summed E-state index contributed by atoms with van der Waals surface area (Å²) in [6.07, 6.45) is 6.68. The van der Waals surface area contributed by atoms with E-state index in [9.17, 15) is 4.79 Å². The monoisotopic (exact) mass is 335 g/mol. The molecule has 1 atom stereocenters. The molecular weight excluding hydrogens is 318 g/mol. The molecule has 0 aliphatic carbocycles. The van der Waals surface area contributed by atoms with Crippen LogP contribution in [0.3, 0.4) is 0 Å². The van der Waals surface area contributed by atoms with Crippen LogP contribution in [0.15, 0.2) is 35.9 Å². The lowest BCUT2D eigenvalue weighted by Gasteiger charge is -2.22. The summed E-state index contributed by atoms with van der Waals surface area (Å²) in [4.78, 5) is 18.2. The fraction of sp³-hybridized carbons (Fsp3) is 0.333. The fourth-order valence-corrected chi connectivity index (χ4v) is 2.40. The molecule has 0 bridgehead atoms. The quantitative estimate of drug-likeness (QED) is 0.500. The minimum atomic E-state index is -0.330. The van der Waals surface area contributed by atoms with Gasteiger partial charge in [-0.15, -0.1) is 5.16 Å². The first-order valence-electron chi connectivity index (χ1n) is 7.21. The summed E-state index contributed by atoms with van der Waals surface area (Å²) < 4.78 is 1.58. The van der Waals surface area contributed by atoms with Gasteiger partial charge in [-0.1, -0.05) is 18.5 Å². The second-order valence-electron chi connectivity index (χ2n) is 4.98. The van der Waals surface area contributed by atoms with Gasteiger partial charge in [-0.25, -0.2) is 4.68 Å². The fourth-order valence-electron chi connectivity index (χ4n) is 2.16. The predicted molar refractivity (Wildman–Crippen MR) is 88.5 cm³/mol. The van der Waals surface area contributed by atoms with Crippen molar-refractivity contribution >= 4 is 29.4 Å². The van der Waals surface area contributed by atoms with Crippen molar-refractivity contribution in [3.05, 3.63) is 35.9 Å². The maximum Gasteiger partial charge on any atom is 0.230 e. The third kappa shape index (κ3) is 3.87. The third-order valence-corrected chi connectivity index (χ3v) is 3.67. The van der Waals surface area contributed by atoms with E-state index < -0.39 is 0 Å². The Morgan fingerprint density at radius 2 is 2.39 bits per heavy atom. The first-order chi connectivity index (χ1) is 11.1. The average Bonchev–Trinajstić information content (AvgIpc) is 2.96. The van der Waals surface area contributed by atoms with Gasteiger partial charge in [0.2, 0.25) is 5.91 Å². The molecular formula is C15H18ClN5O2. The topological polar surface area (TPSA) is 83.6 Å². The summed E-state index contributed by atoms with van der Waals surface area (Å²) in [7, 11) is 0. The molecule has 2 heterocycles. The van der Waals surface area contributed by atoms with Crippen molar-refractivity contribution in [1.82, 2.24) is 14.8 Å². The van der Waals surface area contributed by atoms with E-state index in [4.69, 9.17) is 16.8 Å². The number of hydrogen-bond acceptors (Lipinski definition) is 5. The van der Waals surface area contributed by atoms with E-state index in [0.29, 0.717) is 18.7 Å². The van der Waals surface area contributed by atoms with E-state index >= 15 is 0 Å². The van der Waals surface area contributed by atoms with Gasteiger partial charge in [-0.3, -0.25) is 9.78 Å².